The first-order valence-corrected chi connectivity index (χ1v) is 5.75. The molecule has 0 aromatic heterocycles. The summed E-state index contributed by atoms with van der Waals surface area (Å²) in [6, 6.07) is 8.60. The second kappa shape index (κ2) is 6.58. The van der Waals surface area contributed by atoms with Crippen LogP contribution in [0, 0.1) is 22.6 Å². The van der Waals surface area contributed by atoms with Gasteiger partial charge < -0.3 is 10.1 Å². The summed E-state index contributed by atoms with van der Waals surface area (Å²) in [6.45, 7) is 1.88. The molecule has 2 rings (SSSR count). The molecule has 0 spiro atoms. The molecule has 3 nitrogen and oxygen atoms in total. The first kappa shape index (κ1) is 14.7. The quantitative estimate of drug-likeness (QED) is 0.918. The predicted octanol–water partition coefficient (Wildman–Crippen LogP) is 2.52. The van der Waals surface area contributed by atoms with Crippen LogP contribution in [-0.4, -0.2) is 19.7 Å². The summed E-state index contributed by atoms with van der Waals surface area (Å²) in [5, 5.41) is 12.4. The molecule has 0 radical (unpaired) electrons. The first-order chi connectivity index (χ1) is 8.26. The number of hydrogen-bond acceptors (Lipinski definition) is 3. The standard InChI is InChI=1S/C13H15FN2O.ClH/c14-11-3-1-2-4-12(11)17-10-13(9-15)5-7-16-8-6-13;/h1-4,16H,5-8,10H2;1H. The average Bonchev–Trinajstić information content (AvgIpc) is 2.39. The van der Waals surface area contributed by atoms with Gasteiger partial charge in [0.1, 0.15) is 6.61 Å². The molecular formula is C13H16ClFN2O. The van der Waals surface area contributed by atoms with Crippen molar-refractivity contribution in [2.75, 3.05) is 19.7 Å². The van der Waals surface area contributed by atoms with Crippen molar-refractivity contribution in [1.82, 2.24) is 5.32 Å². The van der Waals surface area contributed by atoms with Crippen LogP contribution in [0.3, 0.4) is 0 Å². The molecule has 1 saturated heterocycles. The van der Waals surface area contributed by atoms with Gasteiger partial charge in [-0.2, -0.15) is 5.26 Å². The van der Waals surface area contributed by atoms with E-state index in [9.17, 15) is 9.65 Å². The van der Waals surface area contributed by atoms with E-state index in [0.29, 0.717) is 0 Å². The largest absolute Gasteiger partial charge is 0.489 e. The van der Waals surface area contributed by atoms with E-state index in [1.807, 2.05) is 0 Å². The van der Waals surface area contributed by atoms with E-state index in [4.69, 9.17) is 4.74 Å². The van der Waals surface area contributed by atoms with Crippen molar-refractivity contribution >= 4 is 12.4 Å². The molecular weight excluding hydrogens is 255 g/mol. The number of piperidine rings is 1. The molecule has 5 heteroatoms. The van der Waals surface area contributed by atoms with E-state index in [2.05, 4.69) is 11.4 Å². The lowest BCUT2D eigenvalue weighted by molar-refractivity contribution is 0.153. The van der Waals surface area contributed by atoms with Crippen molar-refractivity contribution < 1.29 is 9.13 Å². The Hall–Kier alpha value is -1.31. The molecule has 98 valence electrons. The Morgan fingerprint density at radius 2 is 2.00 bits per heavy atom. The fourth-order valence-corrected chi connectivity index (χ4v) is 1.97. The zero-order chi connectivity index (χ0) is 12.1. The highest BCUT2D eigenvalue weighted by molar-refractivity contribution is 5.85. The lowest BCUT2D eigenvalue weighted by Gasteiger charge is -2.30. The van der Waals surface area contributed by atoms with Gasteiger partial charge in [-0.3, -0.25) is 0 Å². The van der Waals surface area contributed by atoms with Crippen molar-refractivity contribution in [2.45, 2.75) is 12.8 Å². The number of ether oxygens (including phenoxy) is 1. The Labute approximate surface area is 112 Å². The lowest BCUT2D eigenvalue weighted by Crippen LogP contribution is -2.39. The Morgan fingerprint density at radius 1 is 1.33 bits per heavy atom. The molecule has 1 aliphatic rings. The first-order valence-electron chi connectivity index (χ1n) is 5.75. The zero-order valence-electron chi connectivity index (χ0n) is 9.99. The van der Waals surface area contributed by atoms with Crippen molar-refractivity contribution in [1.29, 1.82) is 5.26 Å². The van der Waals surface area contributed by atoms with Crippen LogP contribution in [0.4, 0.5) is 4.39 Å². The monoisotopic (exact) mass is 270 g/mol. The Balaban J connectivity index is 0.00000162. The highest BCUT2D eigenvalue weighted by Gasteiger charge is 2.33. The van der Waals surface area contributed by atoms with Gasteiger partial charge in [-0.15, -0.1) is 12.4 Å². The molecule has 1 aromatic rings. The summed E-state index contributed by atoms with van der Waals surface area (Å²) >= 11 is 0. The third-order valence-corrected chi connectivity index (χ3v) is 3.14. The third kappa shape index (κ3) is 3.34. The van der Waals surface area contributed by atoms with Crippen LogP contribution >= 0.6 is 12.4 Å². The maximum atomic E-state index is 13.4. The van der Waals surface area contributed by atoms with Crippen LogP contribution in [-0.2, 0) is 0 Å². The van der Waals surface area contributed by atoms with E-state index < -0.39 is 5.41 Å². The van der Waals surface area contributed by atoms with Gasteiger partial charge in [-0.05, 0) is 38.1 Å². The maximum Gasteiger partial charge on any atom is 0.165 e. The molecule has 0 saturated carbocycles. The van der Waals surface area contributed by atoms with Gasteiger partial charge >= 0.3 is 0 Å². The van der Waals surface area contributed by atoms with Gasteiger partial charge in [0.2, 0.25) is 0 Å². The molecule has 0 bridgehead atoms. The van der Waals surface area contributed by atoms with Crippen molar-refractivity contribution in [2.24, 2.45) is 5.41 Å². The van der Waals surface area contributed by atoms with Gasteiger partial charge in [0, 0.05) is 0 Å². The minimum atomic E-state index is -0.479. The van der Waals surface area contributed by atoms with Crippen molar-refractivity contribution in [3.63, 3.8) is 0 Å². The van der Waals surface area contributed by atoms with Gasteiger partial charge in [0.25, 0.3) is 0 Å². The highest BCUT2D eigenvalue weighted by atomic mass is 35.5. The minimum absolute atomic E-state index is 0. The van der Waals surface area contributed by atoms with Gasteiger partial charge in [-0.1, -0.05) is 12.1 Å². The molecule has 1 aromatic carbocycles. The number of nitrogens with one attached hydrogen (secondary N) is 1. The number of nitrogens with zero attached hydrogens (tertiary/aromatic N) is 1. The van der Waals surface area contributed by atoms with Gasteiger partial charge in [0.15, 0.2) is 11.6 Å². The molecule has 0 atom stereocenters. The lowest BCUT2D eigenvalue weighted by atomic mass is 9.81. The molecule has 1 fully saturated rings. The van der Waals surface area contributed by atoms with E-state index in [1.54, 1.807) is 18.2 Å². The van der Waals surface area contributed by atoms with Crippen LogP contribution in [0.25, 0.3) is 0 Å². The zero-order valence-corrected chi connectivity index (χ0v) is 10.8. The summed E-state index contributed by atoms with van der Waals surface area (Å²) in [7, 11) is 0. The minimum Gasteiger partial charge on any atom is -0.489 e. The molecule has 0 amide bonds. The van der Waals surface area contributed by atoms with Gasteiger partial charge in [0.05, 0.1) is 11.5 Å². The highest BCUT2D eigenvalue weighted by Crippen LogP contribution is 2.29. The molecule has 1 aliphatic heterocycles. The molecule has 0 unspecified atom stereocenters. The van der Waals surface area contributed by atoms with Crippen molar-refractivity contribution in [3.8, 4) is 11.8 Å². The van der Waals surface area contributed by atoms with Crippen LogP contribution in [0.15, 0.2) is 24.3 Å². The van der Waals surface area contributed by atoms with E-state index >= 15 is 0 Å². The second-order valence-corrected chi connectivity index (χ2v) is 4.36. The second-order valence-electron chi connectivity index (χ2n) is 4.36. The molecule has 1 heterocycles. The fourth-order valence-electron chi connectivity index (χ4n) is 1.97. The predicted molar refractivity (Wildman–Crippen MR) is 69.3 cm³/mol. The summed E-state index contributed by atoms with van der Waals surface area (Å²) < 4.78 is 18.8. The van der Waals surface area contributed by atoms with Gasteiger partial charge in [-0.25, -0.2) is 4.39 Å². The molecule has 18 heavy (non-hydrogen) atoms. The topological polar surface area (TPSA) is 45.0 Å². The van der Waals surface area contributed by atoms with E-state index in [-0.39, 0.29) is 30.6 Å². The summed E-state index contributed by atoms with van der Waals surface area (Å²) in [4.78, 5) is 0. The van der Waals surface area contributed by atoms with E-state index in [1.165, 1.54) is 6.07 Å². The summed E-state index contributed by atoms with van der Waals surface area (Å²) in [5.74, 6) is -0.157. The number of benzene rings is 1. The number of nitriles is 1. The Morgan fingerprint density at radius 3 is 2.61 bits per heavy atom. The Kier molecular flexibility index (Phi) is 5.39. The molecule has 0 aliphatic carbocycles. The average molecular weight is 271 g/mol. The van der Waals surface area contributed by atoms with E-state index in [0.717, 1.165) is 25.9 Å². The van der Waals surface area contributed by atoms with Crippen LogP contribution in [0.1, 0.15) is 12.8 Å². The Bertz CT molecular complexity index is 427. The smallest absolute Gasteiger partial charge is 0.165 e. The number of rotatable bonds is 3. The summed E-state index contributed by atoms with van der Waals surface area (Å²) in [5.41, 5.74) is -0.479. The fraction of sp³-hybridized carbons (Fsp3) is 0.462. The van der Waals surface area contributed by atoms with Crippen LogP contribution < -0.4 is 10.1 Å². The van der Waals surface area contributed by atoms with Crippen LogP contribution in [0.5, 0.6) is 5.75 Å². The SMILES string of the molecule is Cl.N#CC1(COc2ccccc2F)CCNCC1. The third-order valence-electron chi connectivity index (χ3n) is 3.14. The van der Waals surface area contributed by atoms with Crippen molar-refractivity contribution in [3.05, 3.63) is 30.1 Å². The molecule has 1 N–H and O–H groups in total. The number of halogens is 2. The normalized spacial score (nSPS) is 17.3. The van der Waals surface area contributed by atoms with Crippen LogP contribution in [0.2, 0.25) is 0 Å². The summed E-state index contributed by atoms with van der Waals surface area (Å²) in [6.07, 6.45) is 1.50. The number of hydrogen-bond donors (Lipinski definition) is 1. The number of para-hydroxylation sites is 1. The maximum absolute atomic E-state index is 13.4.